The summed E-state index contributed by atoms with van der Waals surface area (Å²) in [6.45, 7) is 0.566. The molecule has 1 saturated heterocycles. The van der Waals surface area contributed by atoms with Gasteiger partial charge in [0, 0.05) is 25.0 Å². The summed E-state index contributed by atoms with van der Waals surface area (Å²) < 4.78 is 33.5. The third-order valence-electron chi connectivity index (χ3n) is 5.29. The second-order valence-electron chi connectivity index (χ2n) is 7.78. The van der Waals surface area contributed by atoms with E-state index < -0.39 is 12.5 Å². The lowest BCUT2D eigenvalue weighted by molar-refractivity contribution is 0.0256. The number of benzene rings is 1. The fraction of sp³-hybridized carbons (Fsp3) is 0.500. The van der Waals surface area contributed by atoms with Crippen molar-refractivity contribution in [2.45, 2.75) is 31.7 Å². The van der Waals surface area contributed by atoms with Crippen LogP contribution in [0, 0.1) is 5.92 Å². The van der Waals surface area contributed by atoms with Crippen molar-refractivity contribution in [2.75, 3.05) is 42.0 Å². The number of aromatic nitrogens is 2. The van der Waals surface area contributed by atoms with Gasteiger partial charge in [0.05, 0.1) is 19.7 Å². The van der Waals surface area contributed by atoms with Gasteiger partial charge in [-0.05, 0) is 30.4 Å². The Kier molecular flexibility index (Phi) is 5.84. The first-order valence-electron chi connectivity index (χ1n) is 9.97. The maximum atomic E-state index is 13.9. The zero-order chi connectivity index (χ0) is 21.3. The molecule has 30 heavy (non-hydrogen) atoms. The fourth-order valence-electron chi connectivity index (χ4n) is 3.42. The van der Waals surface area contributed by atoms with E-state index in [-0.39, 0.29) is 25.5 Å². The summed E-state index contributed by atoms with van der Waals surface area (Å²) in [5.74, 6) is 4.82. The number of nitrogens with two attached hydrogens (primary N) is 1. The van der Waals surface area contributed by atoms with Crippen molar-refractivity contribution in [3.63, 3.8) is 0 Å². The lowest BCUT2D eigenvalue weighted by atomic mass is 10.2. The Morgan fingerprint density at radius 1 is 1.33 bits per heavy atom. The molecule has 0 spiro atoms. The smallest absolute Gasteiger partial charge is 0.320 e. The summed E-state index contributed by atoms with van der Waals surface area (Å²) in [6, 6.07) is 7.50. The molecule has 2 aliphatic rings. The molecular formula is C20H25ClF2N6O. The molecule has 1 saturated carbocycles. The van der Waals surface area contributed by atoms with Crippen LogP contribution < -0.4 is 25.8 Å². The largest absolute Gasteiger partial charge is 0.463 e. The van der Waals surface area contributed by atoms with E-state index in [4.69, 9.17) is 22.2 Å². The van der Waals surface area contributed by atoms with Gasteiger partial charge in [-0.2, -0.15) is 9.97 Å². The number of nitrogens with zero attached hydrogens (tertiary/aromatic N) is 4. The van der Waals surface area contributed by atoms with Crippen molar-refractivity contribution in [2.24, 2.45) is 11.8 Å². The lowest BCUT2D eigenvalue weighted by Crippen LogP contribution is -2.33. The van der Waals surface area contributed by atoms with Crippen LogP contribution in [-0.2, 0) is 6.54 Å². The van der Waals surface area contributed by atoms with Crippen LogP contribution in [0.5, 0.6) is 6.01 Å². The van der Waals surface area contributed by atoms with E-state index in [2.05, 4.69) is 15.3 Å². The van der Waals surface area contributed by atoms with E-state index in [0.29, 0.717) is 34.9 Å². The Morgan fingerprint density at radius 2 is 2.10 bits per heavy atom. The van der Waals surface area contributed by atoms with Crippen molar-refractivity contribution in [1.29, 1.82) is 0 Å². The number of alkyl halides is 2. The standard InChI is InChI=1S/C20H25ClF2N6O/c1-25-16-17(28-9-8-20(22,23)12-28)26-19(30-11-13-6-7-13)27-18(16)29(24)10-14-4-2-3-5-15(14)21/h2-5,13,25H,6-12,24H2,1H3. The monoisotopic (exact) mass is 438 g/mol. The molecule has 1 aromatic carbocycles. The maximum Gasteiger partial charge on any atom is 0.320 e. The van der Waals surface area contributed by atoms with Gasteiger partial charge < -0.3 is 15.0 Å². The quantitative estimate of drug-likeness (QED) is 0.480. The van der Waals surface area contributed by atoms with E-state index in [9.17, 15) is 8.78 Å². The minimum absolute atomic E-state index is 0.135. The number of anilines is 3. The zero-order valence-electron chi connectivity index (χ0n) is 16.7. The molecular weight excluding hydrogens is 414 g/mol. The molecule has 162 valence electrons. The number of rotatable bonds is 8. The lowest BCUT2D eigenvalue weighted by Gasteiger charge is -2.26. The summed E-state index contributed by atoms with van der Waals surface area (Å²) >= 11 is 6.27. The Balaban J connectivity index is 1.68. The summed E-state index contributed by atoms with van der Waals surface area (Å²) in [5, 5.41) is 5.04. The second-order valence-corrected chi connectivity index (χ2v) is 8.19. The van der Waals surface area contributed by atoms with E-state index in [1.807, 2.05) is 18.2 Å². The van der Waals surface area contributed by atoms with E-state index >= 15 is 0 Å². The molecule has 3 N–H and O–H groups in total. The van der Waals surface area contributed by atoms with Crippen LogP contribution >= 0.6 is 11.6 Å². The van der Waals surface area contributed by atoms with Crippen molar-refractivity contribution in [1.82, 2.24) is 9.97 Å². The molecule has 7 nitrogen and oxygen atoms in total. The van der Waals surface area contributed by atoms with E-state index in [1.54, 1.807) is 18.0 Å². The molecule has 2 aromatic rings. The van der Waals surface area contributed by atoms with Crippen LogP contribution in [0.4, 0.5) is 26.1 Å². The van der Waals surface area contributed by atoms with Crippen molar-refractivity contribution in [3.8, 4) is 6.01 Å². The Bertz CT molecular complexity index is 911. The van der Waals surface area contributed by atoms with Crippen LogP contribution in [0.15, 0.2) is 24.3 Å². The van der Waals surface area contributed by atoms with Gasteiger partial charge in [0.25, 0.3) is 5.92 Å². The molecule has 0 bridgehead atoms. The van der Waals surface area contributed by atoms with Crippen molar-refractivity contribution in [3.05, 3.63) is 34.9 Å². The van der Waals surface area contributed by atoms with Gasteiger partial charge in [-0.3, -0.25) is 5.01 Å². The van der Waals surface area contributed by atoms with Crippen molar-refractivity contribution < 1.29 is 13.5 Å². The predicted molar refractivity (Wildman–Crippen MR) is 113 cm³/mol. The van der Waals surface area contributed by atoms with Gasteiger partial charge in [0.2, 0.25) is 0 Å². The van der Waals surface area contributed by atoms with Gasteiger partial charge in [-0.25, -0.2) is 14.6 Å². The van der Waals surface area contributed by atoms with Crippen LogP contribution in [0.3, 0.4) is 0 Å². The first kappa shape index (κ1) is 20.9. The minimum Gasteiger partial charge on any atom is -0.463 e. The van der Waals surface area contributed by atoms with Gasteiger partial charge in [-0.1, -0.05) is 29.8 Å². The van der Waals surface area contributed by atoms with Crippen LogP contribution in [0.2, 0.25) is 5.02 Å². The van der Waals surface area contributed by atoms with E-state index in [1.165, 1.54) is 5.01 Å². The number of hydrogen-bond donors (Lipinski definition) is 2. The average Bonchev–Trinajstić information content (AvgIpc) is 3.48. The fourth-order valence-corrected chi connectivity index (χ4v) is 3.62. The van der Waals surface area contributed by atoms with Gasteiger partial charge in [-0.15, -0.1) is 0 Å². The molecule has 1 aliphatic heterocycles. The molecule has 0 atom stereocenters. The molecule has 2 heterocycles. The van der Waals surface area contributed by atoms with Gasteiger partial charge >= 0.3 is 6.01 Å². The molecule has 4 rings (SSSR count). The van der Waals surface area contributed by atoms with Gasteiger partial charge in [0.1, 0.15) is 5.69 Å². The molecule has 0 radical (unpaired) electrons. The van der Waals surface area contributed by atoms with E-state index in [0.717, 1.165) is 18.4 Å². The molecule has 2 fully saturated rings. The summed E-state index contributed by atoms with van der Waals surface area (Å²) in [5.41, 5.74) is 1.29. The second kappa shape index (κ2) is 8.39. The zero-order valence-corrected chi connectivity index (χ0v) is 17.5. The van der Waals surface area contributed by atoms with Crippen LogP contribution in [-0.4, -0.2) is 42.6 Å². The molecule has 10 heteroatoms. The van der Waals surface area contributed by atoms with Crippen LogP contribution in [0.25, 0.3) is 0 Å². The Labute approximate surface area is 179 Å². The highest BCUT2D eigenvalue weighted by atomic mass is 35.5. The molecule has 0 amide bonds. The predicted octanol–water partition coefficient (Wildman–Crippen LogP) is 3.69. The first-order chi connectivity index (χ1) is 14.4. The van der Waals surface area contributed by atoms with Gasteiger partial charge in [0.15, 0.2) is 11.6 Å². The average molecular weight is 439 g/mol. The molecule has 0 unspecified atom stereocenters. The summed E-state index contributed by atoms with van der Waals surface area (Å²) in [6.07, 6.45) is 2.00. The number of hydrogen-bond acceptors (Lipinski definition) is 7. The highest BCUT2D eigenvalue weighted by Gasteiger charge is 2.40. The molecule has 1 aromatic heterocycles. The number of nitrogens with one attached hydrogen (secondary N) is 1. The highest BCUT2D eigenvalue weighted by molar-refractivity contribution is 6.31. The Morgan fingerprint density at radius 3 is 2.73 bits per heavy atom. The highest BCUT2D eigenvalue weighted by Crippen LogP contribution is 2.39. The van der Waals surface area contributed by atoms with Crippen LogP contribution in [0.1, 0.15) is 24.8 Å². The third kappa shape index (κ3) is 4.67. The van der Waals surface area contributed by atoms with Crippen molar-refractivity contribution >= 4 is 28.9 Å². The summed E-state index contributed by atoms with van der Waals surface area (Å²) in [7, 11) is 1.69. The number of hydrazine groups is 1. The Hall–Kier alpha value is -2.39. The number of halogens is 3. The topological polar surface area (TPSA) is 79.5 Å². The maximum absolute atomic E-state index is 13.9. The number of ether oxygens (including phenoxy) is 1. The molecule has 1 aliphatic carbocycles. The SMILES string of the molecule is CNc1c(N(N)Cc2ccccc2Cl)nc(OCC2CC2)nc1N1CCC(F)(F)C1. The minimum atomic E-state index is -2.76. The normalized spacial score (nSPS) is 17.8. The third-order valence-corrected chi connectivity index (χ3v) is 5.65. The summed E-state index contributed by atoms with van der Waals surface area (Å²) in [4.78, 5) is 10.5. The first-order valence-corrected chi connectivity index (χ1v) is 10.3.